The SMILES string of the molecule is COS(=O)(=O)[O-].C[NH2+]C.[Na].[Na]. The zero-order valence-electron chi connectivity index (χ0n) is 7.62. The van der Waals surface area contributed by atoms with Gasteiger partial charge in [-0.25, -0.2) is 8.42 Å². The second-order valence-electron chi connectivity index (χ2n) is 1.15. The standard InChI is InChI=1S/C2H7N.CH4O4S.2Na/c1-3-2;1-5-6(2,3)4;;/h3H,1-2H3;1H3,(H,2,3,4);;. The number of rotatable bonds is 1. The van der Waals surface area contributed by atoms with Crippen molar-refractivity contribution in [3.05, 3.63) is 0 Å². The molecule has 0 saturated carbocycles. The Kier molecular flexibility index (Phi) is 30.1. The fraction of sp³-hybridized carbons (Fsp3) is 1.00. The third-order valence-electron chi connectivity index (χ3n) is 0.204. The zero-order chi connectivity index (χ0) is 7.91. The molecule has 0 bridgehead atoms. The molecule has 60 valence electrons. The minimum atomic E-state index is -4.41. The third kappa shape index (κ3) is 49.0. The van der Waals surface area contributed by atoms with Crippen LogP contribution in [0.1, 0.15) is 0 Å². The molecule has 0 atom stereocenters. The van der Waals surface area contributed by atoms with E-state index in [1.807, 2.05) is 19.4 Å². The van der Waals surface area contributed by atoms with Crippen LogP contribution in [0, 0.1) is 0 Å². The van der Waals surface area contributed by atoms with Gasteiger partial charge in [-0.15, -0.1) is 0 Å². The molecule has 0 fully saturated rings. The molecule has 0 spiro atoms. The molecule has 2 N–H and O–H groups in total. The molecule has 0 aromatic heterocycles. The monoisotopic (exact) mass is 203 g/mol. The van der Waals surface area contributed by atoms with E-state index in [1.165, 1.54) is 0 Å². The van der Waals surface area contributed by atoms with E-state index in [2.05, 4.69) is 4.18 Å². The summed E-state index contributed by atoms with van der Waals surface area (Å²) in [5.74, 6) is 0. The van der Waals surface area contributed by atoms with Crippen LogP contribution in [0.4, 0.5) is 0 Å². The summed E-state index contributed by atoms with van der Waals surface area (Å²) in [7, 11) is 0.396. The molecule has 0 heterocycles. The average Bonchev–Trinajstić information content (AvgIpc) is 1.67. The van der Waals surface area contributed by atoms with Crippen LogP contribution >= 0.6 is 0 Å². The number of quaternary nitrogens is 1. The molecule has 0 rings (SSSR count). The molecule has 0 amide bonds. The Morgan fingerprint density at radius 1 is 1.27 bits per heavy atom. The van der Waals surface area contributed by atoms with Crippen LogP contribution in [0.15, 0.2) is 0 Å². The van der Waals surface area contributed by atoms with Crippen molar-refractivity contribution < 1.29 is 22.5 Å². The zero-order valence-corrected chi connectivity index (χ0v) is 12.4. The first-order valence-electron chi connectivity index (χ1n) is 2.23. The van der Waals surface area contributed by atoms with Gasteiger partial charge in [-0.05, 0) is 0 Å². The molecule has 2 radical (unpaired) electrons. The maximum absolute atomic E-state index is 9.22. The maximum Gasteiger partial charge on any atom is 0.217 e. The van der Waals surface area contributed by atoms with Crippen molar-refractivity contribution in [1.82, 2.24) is 0 Å². The summed E-state index contributed by atoms with van der Waals surface area (Å²) >= 11 is 0. The normalized spacial score (nSPS) is 8.00. The largest absolute Gasteiger partial charge is 0.726 e. The first-order valence-corrected chi connectivity index (χ1v) is 3.56. The smallest absolute Gasteiger partial charge is 0.217 e. The van der Waals surface area contributed by atoms with Crippen LogP contribution in [0.5, 0.6) is 0 Å². The molecule has 0 unspecified atom stereocenters. The molecule has 8 heteroatoms. The van der Waals surface area contributed by atoms with Gasteiger partial charge in [0.2, 0.25) is 10.4 Å². The van der Waals surface area contributed by atoms with E-state index in [-0.39, 0.29) is 59.1 Å². The van der Waals surface area contributed by atoms with Crippen LogP contribution in [0.3, 0.4) is 0 Å². The third-order valence-corrected chi connectivity index (χ3v) is 0.612. The van der Waals surface area contributed by atoms with Crippen LogP contribution in [-0.4, -0.2) is 93.3 Å². The molecule has 0 saturated heterocycles. The van der Waals surface area contributed by atoms with Crippen molar-refractivity contribution in [3.8, 4) is 0 Å². The summed E-state index contributed by atoms with van der Waals surface area (Å²) in [6, 6.07) is 0. The van der Waals surface area contributed by atoms with Crippen molar-refractivity contribution in [2.24, 2.45) is 0 Å². The van der Waals surface area contributed by atoms with E-state index in [1.54, 1.807) is 0 Å². The number of hydrogen-bond acceptors (Lipinski definition) is 4. The summed E-state index contributed by atoms with van der Waals surface area (Å²) in [4.78, 5) is 0. The minimum Gasteiger partial charge on any atom is -0.726 e. The van der Waals surface area contributed by atoms with Crippen molar-refractivity contribution in [2.75, 3.05) is 21.2 Å². The molecule has 0 aromatic carbocycles. The van der Waals surface area contributed by atoms with E-state index in [4.69, 9.17) is 0 Å². The molecule has 0 aliphatic heterocycles. The van der Waals surface area contributed by atoms with E-state index >= 15 is 0 Å². The van der Waals surface area contributed by atoms with Gasteiger partial charge < -0.3 is 9.87 Å². The van der Waals surface area contributed by atoms with Gasteiger partial charge in [-0.2, -0.15) is 0 Å². The summed E-state index contributed by atoms with van der Waals surface area (Å²) in [6.45, 7) is 0. The van der Waals surface area contributed by atoms with Crippen LogP contribution in [0.2, 0.25) is 0 Å². The number of nitrogens with two attached hydrogens (primary N) is 1. The first-order chi connectivity index (χ1) is 3.97. The Bertz CT molecular complexity index is 136. The number of hydrogen-bond donors (Lipinski definition) is 1. The molecule has 0 aliphatic rings. The Labute approximate surface area is 112 Å². The molecule has 0 aliphatic carbocycles. The van der Waals surface area contributed by atoms with Gasteiger partial charge in [-0.3, -0.25) is 4.18 Å². The van der Waals surface area contributed by atoms with Crippen molar-refractivity contribution >= 4 is 69.5 Å². The Balaban J connectivity index is -0.0000000437. The van der Waals surface area contributed by atoms with Crippen LogP contribution in [0.25, 0.3) is 0 Å². The maximum atomic E-state index is 9.22. The first kappa shape index (κ1) is 23.0. The predicted octanol–water partition coefficient (Wildman–Crippen LogP) is -2.86. The van der Waals surface area contributed by atoms with Gasteiger partial charge in [0.1, 0.15) is 0 Å². The predicted molar refractivity (Wildman–Crippen MR) is 42.0 cm³/mol. The summed E-state index contributed by atoms with van der Waals surface area (Å²) in [6.07, 6.45) is 0. The molecular formula is C3H11NNa2O4S. The average molecular weight is 203 g/mol. The van der Waals surface area contributed by atoms with Crippen LogP contribution in [-0.2, 0) is 14.6 Å². The van der Waals surface area contributed by atoms with Gasteiger partial charge in [-0.1, -0.05) is 0 Å². The van der Waals surface area contributed by atoms with Gasteiger partial charge in [0.05, 0.1) is 21.2 Å². The van der Waals surface area contributed by atoms with E-state index < -0.39 is 10.4 Å². The summed E-state index contributed by atoms with van der Waals surface area (Å²) < 4.78 is 31.0. The van der Waals surface area contributed by atoms with Gasteiger partial charge >= 0.3 is 0 Å². The Morgan fingerprint density at radius 2 is 1.36 bits per heavy atom. The second-order valence-corrected chi connectivity index (χ2v) is 2.30. The molecule has 0 aromatic rings. The minimum absolute atomic E-state index is 0. The van der Waals surface area contributed by atoms with Crippen LogP contribution < -0.4 is 5.32 Å². The van der Waals surface area contributed by atoms with Gasteiger partial charge in [0.15, 0.2) is 0 Å². The topological polar surface area (TPSA) is 83.0 Å². The molecule has 5 nitrogen and oxygen atoms in total. The van der Waals surface area contributed by atoms with Crippen molar-refractivity contribution in [1.29, 1.82) is 0 Å². The van der Waals surface area contributed by atoms with Gasteiger partial charge in [0.25, 0.3) is 0 Å². The molecular weight excluding hydrogens is 192 g/mol. The summed E-state index contributed by atoms with van der Waals surface area (Å²) in [5, 5.41) is 2.00. The fourth-order valence-electron chi connectivity index (χ4n) is 0. The van der Waals surface area contributed by atoms with E-state index in [0.29, 0.717) is 0 Å². The van der Waals surface area contributed by atoms with E-state index in [9.17, 15) is 13.0 Å². The fourth-order valence-corrected chi connectivity index (χ4v) is 0. The Hall–Kier alpha value is 1.83. The second kappa shape index (κ2) is 14.4. The van der Waals surface area contributed by atoms with Crippen molar-refractivity contribution in [2.45, 2.75) is 0 Å². The summed E-state index contributed by atoms with van der Waals surface area (Å²) in [5.41, 5.74) is 0. The van der Waals surface area contributed by atoms with Crippen molar-refractivity contribution in [3.63, 3.8) is 0 Å². The molecule has 11 heavy (non-hydrogen) atoms. The van der Waals surface area contributed by atoms with Gasteiger partial charge in [0, 0.05) is 59.1 Å². The quantitative estimate of drug-likeness (QED) is 0.282. The Morgan fingerprint density at radius 3 is 1.36 bits per heavy atom. The van der Waals surface area contributed by atoms with E-state index in [0.717, 1.165) is 7.11 Å².